The fourth-order valence-electron chi connectivity index (χ4n) is 3.51. The third-order valence-corrected chi connectivity index (χ3v) is 5.21. The molecule has 0 amide bonds. The van der Waals surface area contributed by atoms with E-state index < -0.39 is 0 Å². The molecule has 1 aromatic carbocycles. The van der Waals surface area contributed by atoms with Crippen molar-refractivity contribution in [2.45, 2.75) is 43.8 Å². The average Bonchev–Trinajstić information content (AvgIpc) is 2.35. The molecule has 1 aliphatic rings. The van der Waals surface area contributed by atoms with Gasteiger partial charge in [0, 0.05) is 29.2 Å². The van der Waals surface area contributed by atoms with Gasteiger partial charge in [-0.1, -0.05) is 23.7 Å². The highest BCUT2D eigenvalue weighted by atomic mass is 35.5. The Labute approximate surface area is 134 Å². The molecular weight excluding hydrogens is 282 g/mol. The second-order valence-electron chi connectivity index (χ2n) is 6.74. The molecule has 2 N–H and O–H groups in total. The minimum absolute atomic E-state index is 0.0791. The second-order valence-corrected chi connectivity index (χ2v) is 7.18. The lowest BCUT2D eigenvalue weighted by molar-refractivity contribution is 0.0131. The third-order valence-electron chi connectivity index (χ3n) is 4.96. The van der Waals surface area contributed by atoms with Crippen LogP contribution in [0.3, 0.4) is 0 Å². The highest BCUT2D eigenvalue weighted by molar-refractivity contribution is 6.30. The third kappa shape index (κ3) is 3.59. The molecule has 4 heteroatoms. The molecule has 1 fully saturated rings. The summed E-state index contributed by atoms with van der Waals surface area (Å²) >= 11 is 6.00. The number of hydrogen-bond donors (Lipinski definition) is 1. The standard InChI is InChI=1S/C17H28ClN3/c1-13(19)16(14-6-8-15(18)9-7-14)21(4)12-17(20(2)3)10-5-11-17/h6-9,13,16H,5,10-12,19H2,1-4H3. The maximum Gasteiger partial charge on any atom is 0.0494 e. The van der Waals surface area contributed by atoms with Gasteiger partial charge < -0.3 is 10.6 Å². The van der Waals surface area contributed by atoms with Gasteiger partial charge in [0.05, 0.1) is 0 Å². The average molecular weight is 310 g/mol. The summed E-state index contributed by atoms with van der Waals surface area (Å²) in [6.07, 6.45) is 3.88. The van der Waals surface area contributed by atoms with Crippen LogP contribution in [0.15, 0.2) is 24.3 Å². The minimum atomic E-state index is 0.0791. The zero-order valence-corrected chi connectivity index (χ0v) is 14.4. The largest absolute Gasteiger partial charge is 0.326 e. The molecule has 21 heavy (non-hydrogen) atoms. The van der Waals surface area contributed by atoms with Crippen molar-refractivity contribution in [1.82, 2.24) is 9.80 Å². The molecule has 0 aliphatic heterocycles. The van der Waals surface area contributed by atoms with Gasteiger partial charge in [-0.25, -0.2) is 0 Å². The van der Waals surface area contributed by atoms with Crippen molar-refractivity contribution in [2.24, 2.45) is 5.73 Å². The van der Waals surface area contributed by atoms with Crippen LogP contribution in [0.1, 0.15) is 37.8 Å². The van der Waals surface area contributed by atoms with Crippen LogP contribution in [0.5, 0.6) is 0 Å². The molecule has 0 spiro atoms. The molecule has 3 nitrogen and oxygen atoms in total. The second kappa shape index (κ2) is 6.66. The molecule has 1 aromatic rings. The van der Waals surface area contributed by atoms with Gasteiger partial charge in [0.25, 0.3) is 0 Å². The van der Waals surface area contributed by atoms with Gasteiger partial charge in [-0.3, -0.25) is 4.90 Å². The first-order chi connectivity index (χ1) is 9.85. The fraction of sp³-hybridized carbons (Fsp3) is 0.647. The van der Waals surface area contributed by atoms with Crippen molar-refractivity contribution < 1.29 is 0 Å². The van der Waals surface area contributed by atoms with Gasteiger partial charge in [0.1, 0.15) is 0 Å². The number of nitrogens with zero attached hydrogens (tertiary/aromatic N) is 2. The van der Waals surface area contributed by atoms with Crippen LogP contribution in [0.25, 0.3) is 0 Å². The monoisotopic (exact) mass is 309 g/mol. The van der Waals surface area contributed by atoms with Gasteiger partial charge in [0.2, 0.25) is 0 Å². The number of rotatable bonds is 6. The molecule has 1 saturated carbocycles. The molecule has 0 heterocycles. The molecule has 1 aliphatic carbocycles. The van der Waals surface area contributed by atoms with E-state index in [2.05, 4.69) is 50.0 Å². The summed E-state index contributed by atoms with van der Waals surface area (Å²) in [5.74, 6) is 0. The zero-order valence-electron chi connectivity index (χ0n) is 13.6. The highest BCUT2D eigenvalue weighted by Gasteiger charge is 2.41. The summed E-state index contributed by atoms with van der Waals surface area (Å²) in [7, 11) is 6.57. The molecule has 0 radical (unpaired) electrons. The normalized spacial score (nSPS) is 20.4. The number of halogens is 1. The quantitative estimate of drug-likeness (QED) is 0.876. The van der Waals surface area contributed by atoms with Gasteiger partial charge >= 0.3 is 0 Å². The van der Waals surface area contributed by atoms with Crippen molar-refractivity contribution >= 4 is 11.6 Å². The van der Waals surface area contributed by atoms with Crippen LogP contribution >= 0.6 is 11.6 Å². The Morgan fingerprint density at radius 1 is 1.19 bits per heavy atom. The number of likely N-dealkylation sites (N-methyl/N-ethyl adjacent to an activating group) is 2. The molecular formula is C17H28ClN3. The predicted molar refractivity (Wildman–Crippen MR) is 90.7 cm³/mol. The lowest BCUT2D eigenvalue weighted by atomic mass is 9.75. The SMILES string of the molecule is CC(N)C(c1ccc(Cl)cc1)N(C)CC1(N(C)C)CCC1. The Balaban J connectivity index is 2.16. The molecule has 0 aromatic heterocycles. The number of benzene rings is 1. The first-order valence-corrected chi connectivity index (χ1v) is 8.12. The molecule has 2 unspecified atom stereocenters. The van der Waals surface area contributed by atoms with E-state index in [1.807, 2.05) is 12.1 Å². The van der Waals surface area contributed by atoms with E-state index >= 15 is 0 Å². The van der Waals surface area contributed by atoms with Crippen molar-refractivity contribution in [3.63, 3.8) is 0 Å². The van der Waals surface area contributed by atoms with Crippen molar-refractivity contribution in [2.75, 3.05) is 27.7 Å². The molecule has 2 rings (SSSR count). The summed E-state index contributed by atoms with van der Waals surface area (Å²) in [6.45, 7) is 3.13. The summed E-state index contributed by atoms with van der Waals surface area (Å²) in [5, 5.41) is 0.772. The highest BCUT2D eigenvalue weighted by Crippen LogP contribution is 2.38. The maximum atomic E-state index is 6.27. The molecule has 2 atom stereocenters. The van der Waals surface area contributed by atoms with Crippen molar-refractivity contribution in [3.8, 4) is 0 Å². The Morgan fingerprint density at radius 2 is 1.76 bits per heavy atom. The lowest BCUT2D eigenvalue weighted by Gasteiger charge is -2.50. The molecule has 118 valence electrons. The van der Waals surface area contributed by atoms with E-state index in [9.17, 15) is 0 Å². The van der Waals surface area contributed by atoms with Crippen molar-refractivity contribution in [3.05, 3.63) is 34.9 Å². The van der Waals surface area contributed by atoms with Gasteiger partial charge in [-0.15, -0.1) is 0 Å². The maximum absolute atomic E-state index is 6.27. The van der Waals surface area contributed by atoms with E-state index in [0.29, 0.717) is 5.54 Å². The summed E-state index contributed by atoms with van der Waals surface area (Å²) in [4.78, 5) is 4.79. The van der Waals surface area contributed by atoms with Crippen LogP contribution in [-0.2, 0) is 0 Å². The van der Waals surface area contributed by atoms with Crippen LogP contribution in [0, 0.1) is 0 Å². The van der Waals surface area contributed by atoms with Gasteiger partial charge in [0.15, 0.2) is 0 Å². The van der Waals surface area contributed by atoms with Crippen LogP contribution in [0.2, 0.25) is 5.02 Å². The Bertz CT molecular complexity index is 452. The fourth-order valence-corrected chi connectivity index (χ4v) is 3.64. The van der Waals surface area contributed by atoms with E-state index in [1.165, 1.54) is 24.8 Å². The molecule has 0 bridgehead atoms. The minimum Gasteiger partial charge on any atom is -0.326 e. The van der Waals surface area contributed by atoms with Crippen LogP contribution in [0.4, 0.5) is 0 Å². The summed E-state index contributed by atoms with van der Waals surface area (Å²) in [5.41, 5.74) is 7.83. The summed E-state index contributed by atoms with van der Waals surface area (Å²) in [6, 6.07) is 8.39. The van der Waals surface area contributed by atoms with Crippen LogP contribution < -0.4 is 5.73 Å². The zero-order chi connectivity index (χ0) is 15.6. The topological polar surface area (TPSA) is 32.5 Å². The van der Waals surface area contributed by atoms with Crippen LogP contribution in [-0.4, -0.2) is 49.1 Å². The Hall–Kier alpha value is -0.610. The smallest absolute Gasteiger partial charge is 0.0494 e. The number of nitrogens with two attached hydrogens (primary N) is 1. The van der Waals surface area contributed by atoms with E-state index in [4.69, 9.17) is 17.3 Å². The van der Waals surface area contributed by atoms with E-state index in [0.717, 1.165) is 11.6 Å². The first kappa shape index (κ1) is 16.8. The van der Waals surface area contributed by atoms with E-state index in [-0.39, 0.29) is 12.1 Å². The predicted octanol–water partition coefficient (Wildman–Crippen LogP) is 3.14. The van der Waals surface area contributed by atoms with Gasteiger partial charge in [-0.2, -0.15) is 0 Å². The van der Waals surface area contributed by atoms with Gasteiger partial charge in [-0.05, 0) is 65.0 Å². The summed E-state index contributed by atoms with van der Waals surface area (Å²) < 4.78 is 0. The number of hydrogen-bond acceptors (Lipinski definition) is 3. The Kier molecular flexibility index (Phi) is 5.31. The van der Waals surface area contributed by atoms with Crippen molar-refractivity contribution in [1.29, 1.82) is 0 Å². The molecule has 0 saturated heterocycles. The first-order valence-electron chi connectivity index (χ1n) is 7.74. The lowest BCUT2D eigenvalue weighted by Crippen LogP contribution is -2.58. The van der Waals surface area contributed by atoms with E-state index in [1.54, 1.807) is 0 Å². The Morgan fingerprint density at radius 3 is 2.14 bits per heavy atom.